The molecule has 0 radical (unpaired) electrons. The van der Waals surface area contributed by atoms with Crippen molar-refractivity contribution in [2.24, 2.45) is 0 Å². The maximum absolute atomic E-state index is 13.2. The summed E-state index contributed by atoms with van der Waals surface area (Å²) < 4.78 is 13.2. The van der Waals surface area contributed by atoms with Gasteiger partial charge < -0.3 is 10.0 Å². The number of aromatic nitrogens is 2. The Kier molecular flexibility index (Phi) is 5.13. The molecule has 0 bridgehead atoms. The van der Waals surface area contributed by atoms with Crippen molar-refractivity contribution in [1.29, 1.82) is 0 Å². The number of anilines is 1. The minimum Gasteiger partial charge on any atom is -0.395 e. The second-order valence-corrected chi connectivity index (χ2v) is 7.16. The molecule has 1 aromatic carbocycles. The molecule has 0 amide bonds. The summed E-state index contributed by atoms with van der Waals surface area (Å²) in [6.07, 6.45) is 2.72. The molecule has 7 heteroatoms. The van der Waals surface area contributed by atoms with E-state index < -0.39 is 0 Å². The summed E-state index contributed by atoms with van der Waals surface area (Å²) in [6, 6.07) is 6.38. The number of benzene rings is 1. The smallest absolute Gasteiger partial charge is 0.225 e. The van der Waals surface area contributed by atoms with E-state index >= 15 is 0 Å². The third-order valence-electron chi connectivity index (χ3n) is 5.44. The number of nitrogens with zero attached hydrogens (tertiary/aromatic N) is 4. The number of fused-ring (bicyclic) bond motifs is 1. The van der Waals surface area contributed by atoms with E-state index in [9.17, 15) is 9.18 Å². The fraction of sp³-hybridized carbons (Fsp3) is 0.450. The van der Waals surface area contributed by atoms with Crippen molar-refractivity contribution in [2.75, 3.05) is 44.2 Å². The van der Waals surface area contributed by atoms with Gasteiger partial charge in [-0.2, -0.15) is 0 Å². The highest BCUT2D eigenvalue weighted by atomic mass is 19.1. The molecule has 1 N–H and O–H groups in total. The van der Waals surface area contributed by atoms with E-state index in [-0.39, 0.29) is 24.1 Å². The van der Waals surface area contributed by atoms with E-state index in [0.29, 0.717) is 30.9 Å². The highest BCUT2D eigenvalue weighted by molar-refractivity contribution is 5.98. The number of hydrogen-bond donors (Lipinski definition) is 1. The third kappa shape index (κ3) is 3.84. The van der Waals surface area contributed by atoms with E-state index in [4.69, 9.17) is 10.1 Å². The van der Waals surface area contributed by atoms with Crippen molar-refractivity contribution >= 4 is 11.7 Å². The Morgan fingerprint density at radius 2 is 1.85 bits per heavy atom. The molecule has 2 aliphatic rings. The lowest BCUT2D eigenvalue weighted by atomic mass is 9.82. The van der Waals surface area contributed by atoms with Crippen molar-refractivity contribution in [3.8, 4) is 0 Å². The highest BCUT2D eigenvalue weighted by Gasteiger charge is 2.29. The topological polar surface area (TPSA) is 69.6 Å². The Morgan fingerprint density at radius 3 is 2.56 bits per heavy atom. The summed E-state index contributed by atoms with van der Waals surface area (Å²) in [5.41, 5.74) is 2.35. The minimum atomic E-state index is -0.272. The van der Waals surface area contributed by atoms with E-state index in [1.165, 1.54) is 12.1 Å². The van der Waals surface area contributed by atoms with Crippen LogP contribution in [0.2, 0.25) is 0 Å². The van der Waals surface area contributed by atoms with Crippen molar-refractivity contribution < 1.29 is 14.3 Å². The molecular formula is C20H23FN4O2. The van der Waals surface area contributed by atoms with Crippen LogP contribution in [-0.4, -0.2) is 65.1 Å². The monoisotopic (exact) mass is 370 g/mol. The van der Waals surface area contributed by atoms with Gasteiger partial charge in [0.05, 0.1) is 17.9 Å². The Hall–Kier alpha value is -2.38. The zero-order chi connectivity index (χ0) is 18.8. The Bertz CT molecular complexity index is 819. The number of carbonyl (C=O) groups excluding carboxylic acids is 1. The van der Waals surface area contributed by atoms with Gasteiger partial charge >= 0.3 is 0 Å². The summed E-state index contributed by atoms with van der Waals surface area (Å²) in [6.45, 7) is 4.17. The maximum atomic E-state index is 13.2. The first-order valence-electron chi connectivity index (χ1n) is 9.37. The fourth-order valence-electron chi connectivity index (χ4n) is 3.87. The number of Topliss-reactive ketones (excluding diaryl/α,β-unsaturated/α-hetero) is 1. The number of piperazine rings is 1. The van der Waals surface area contributed by atoms with Gasteiger partial charge in [0, 0.05) is 45.3 Å². The van der Waals surface area contributed by atoms with Crippen LogP contribution in [0.5, 0.6) is 0 Å². The largest absolute Gasteiger partial charge is 0.395 e. The lowest BCUT2D eigenvalue weighted by Crippen LogP contribution is -2.47. The molecule has 27 heavy (non-hydrogen) atoms. The molecule has 1 aliphatic heterocycles. The van der Waals surface area contributed by atoms with Crippen LogP contribution in [0.4, 0.5) is 10.3 Å². The van der Waals surface area contributed by atoms with Gasteiger partial charge in [-0.1, -0.05) is 12.1 Å². The molecule has 1 aromatic heterocycles. The summed E-state index contributed by atoms with van der Waals surface area (Å²) in [7, 11) is 0. The van der Waals surface area contributed by atoms with E-state index in [0.717, 1.165) is 37.4 Å². The van der Waals surface area contributed by atoms with E-state index in [1.807, 2.05) is 0 Å². The lowest BCUT2D eigenvalue weighted by molar-refractivity contribution is 0.0962. The third-order valence-corrected chi connectivity index (χ3v) is 5.44. The standard InChI is InChI=1S/C20H23FN4O2/c21-16-3-1-14(2-4-16)15-11-18-17(19(27)12-15)13-22-20(23-18)25-7-5-24(6-8-25)9-10-26/h1-4,13,15,26H,5-12H2. The SMILES string of the molecule is O=C1CC(c2ccc(F)cc2)Cc2nc(N3CCN(CCO)CC3)ncc21. The predicted molar refractivity (Wildman–Crippen MR) is 99.6 cm³/mol. The van der Waals surface area contributed by atoms with Gasteiger partial charge in [-0.05, 0) is 30.0 Å². The quantitative estimate of drug-likeness (QED) is 0.883. The molecule has 142 valence electrons. The Labute approximate surface area is 157 Å². The molecule has 2 aromatic rings. The highest BCUT2D eigenvalue weighted by Crippen LogP contribution is 2.32. The normalized spacial score (nSPS) is 20.6. The van der Waals surface area contributed by atoms with Crippen LogP contribution < -0.4 is 4.90 Å². The van der Waals surface area contributed by atoms with Crippen LogP contribution in [0.3, 0.4) is 0 Å². The molecule has 1 fully saturated rings. The van der Waals surface area contributed by atoms with Crippen molar-refractivity contribution in [1.82, 2.24) is 14.9 Å². The average molecular weight is 370 g/mol. The number of β-amino-alcohol motifs (C(OH)–C–C–N with tert-alkyl or cyclic N) is 1. The van der Waals surface area contributed by atoms with Gasteiger partial charge in [0.25, 0.3) is 0 Å². The summed E-state index contributed by atoms with van der Waals surface area (Å²) in [5.74, 6) is 0.454. The van der Waals surface area contributed by atoms with Crippen LogP contribution >= 0.6 is 0 Å². The van der Waals surface area contributed by atoms with Crippen LogP contribution in [0.25, 0.3) is 0 Å². The molecule has 0 saturated carbocycles. The van der Waals surface area contributed by atoms with Crippen LogP contribution in [0.1, 0.15) is 34.0 Å². The Balaban J connectivity index is 1.52. The van der Waals surface area contributed by atoms with Crippen LogP contribution in [0, 0.1) is 5.82 Å². The van der Waals surface area contributed by atoms with Crippen molar-refractivity contribution in [3.63, 3.8) is 0 Å². The summed E-state index contributed by atoms with van der Waals surface area (Å²) >= 11 is 0. The number of aliphatic hydroxyl groups excluding tert-OH is 1. The predicted octanol–water partition coefficient (Wildman–Crippen LogP) is 1.64. The van der Waals surface area contributed by atoms with Gasteiger partial charge in [0.15, 0.2) is 5.78 Å². The second kappa shape index (κ2) is 7.70. The molecule has 1 aliphatic carbocycles. The summed E-state index contributed by atoms with van der Waals surface area (Å²) in [5, 5.41) is 9.06. The van der Waals surface area contributed by atoms with Gasteiger partial charge in [0.1, 0.15) is 5.82 Å². The second-order valence-electron chi connectivity index (χ2n) is 7.16. The first-order valence-corrected chi connectivity index (χ1v) is 9.37. The first-order chi connectivity index (χ1) is 13.1. The molecule has 2 heterocycles. The fourth-order valence-corrected chi connectivity index (χ4v) is 3.87. The molecule has 6 nitrogen and oxygen atoms in total. The molecule has 1 unspecified atom stereocenters. The number of aliphatic hydroxyl groups is 1. The number of hydrogen-bond acceptors (Lipinski definition) is 6. The average Bonchev–Trinajstić information content (AvgIpc) is 2.69. The number of rotatable bonds is 4. The first kappa shape index (κ1) is 18.0. The van der Waals surface area contributed by atoms with Crippen LogP contribution in [0.15, 0.2) is 30.5 Å². The minimum absolute atomic E-state index is 0.0229. The zero-order valence-electron chi connectivity index (χ0n) is 15.1. The number of carbonyl (C=O) groups is 1. The van der Waals surface area contributed by atoms with E-state index in [2.05, 4.69) is 14.8 Å². The molecular weight excluding hydrogens is 347 g/mol. The lowest BCUT2D eigenvalue weighted by Gasteiger charge is -2.34. The van der Waals surface area contributed by atoms with Gasteiger partial charge in [0.2, 0.25) is 5.95 Å². The Morgan fingerprint density at radius 1 is 1.11 bits per heavy atom. The molecule has 4 rings (SSSR count). The van der Waals surface area contributed by atoms with Gasteiger partial charge in [-0.25, -0.2) is 14.4 Å². The van der Waals surface area contributed by atoms with Gasteiger partial charge in [-0.3, -0.25) is 9.69 Å². The molecule has 1 atom stereocenters. The van der Waals surface area contributed by atoms with E-state index in [1.54, 1.807) is 18.3 Å². The van der Waals surface area contributed by atoms with Gasteiger partial charge in [-0.15, -0.1) is 0 Å². The molecule has 0 spiro atoms. The number of ketones is 1. The van der Waals surface area contributed by atoms with Crippen molar-refractivity contribution in [2.45, 2.75) is 18.8 Å². The molecule has 1 saturated heterocycles. The summed E-state index contributed by atoms with van der Waals surface area (Å²) in [4.78, 5) is 26.0. The van der Waals surface area contributed by atoms with Crippen LogP contribution in [-0.2, 0) is 6.42 Å². The van der Waals surface area contributed by atoms with Crippen molar-refractivity contribution in [3.05, 3.63) is 53.1 Å². The zero-order valence-corrected chi connectivity index (χ0v) is 15.1. The maximum Gasteiger partial charge on any atom is 0.225 e. The number of halogens is 1.